The Balaban J connectivity index is 1.63. The van der Waals surface area contributed by atoms with Gasteiger partial charge in [0.25, 0.3) is 5.91 Å². The molecule has 0 fully saturated rings. The molecule has 6 nitrogen and oxygen atoms in total. The van der Waals surface area contributed by atoms with Crippen LogP contribution in [0.15, 0.2) is 66.7 Å². The summed E-state index contributed by atoms with van der Waals surface area (Å²) in [6.45, 7) is 3.31. The number of carboxylic acid groups (broad SMARTS) is 1. The lowest BCUT2D eigenvalue weighted by Crippen LogP contribution is -2.40. The van der Waals surface area contributed by atoms with Crippen molar-refractivity contribution in [2.75, 3.05) is 13.1 Å². The number of nitrogens with one attached hydrogen (secondary N) is 1. The monoisotopic (exact) mass is 566 g/mol. The van der Waals surface area contributed by atoms with Gasteiger partial charge in [0.15, 0.2) is 0 Å². The van der Waals surface area contributed by atoms with E-state index < -0.39 is 11.9 Å². The zero-order valence-corrected chi connectivity index (χ0v) is 23.3. The Morgan fingerprint density at radius 1 is 0.923 bits per heavy atom. The first-order valence-corrected chi connectivity index (χ1v) is 13.9. The quantitative estimate of drug-likeness (QED) is 0.295. The molecule has 0 spiro atoms. The number of nitrogens with zero attached hydrogens (tertiary/aromatic N) is 1. The van der Waals surface area contributed by atoms with Crippen LogP contribution in [0, 0.1) is 0 Å². The van der Waals surface area contributed by atoms with Crippen molar-refractivity contribution in [3.63, 3.8) is 0 Å². The summed E-state index contributed by atoms with van der Waals surface area (Å²) in [7, 11) is 0. The lowest BCUT2D eigenvalue weighted by Gasteiger charge is -2.35. The SMILES string of the molecule is CCCC(c1ccc(C(=O)NCCC(=O)O)cc1)C(C(=O)N1CCc2cc(Cl)ccc2C1)c1ccc(Cl)cc1. The van der Waals surface area contributed by atoms with Crippen LogP contribution in [0.2, 0.25) is 10.0 Å². The standard InChI is InChI=1S/C31H32Cl2N2O4/c1-2-3-27(20-4-6-22(7-5-20)30(38)34-16-14-28(36)37)29(21-8-11-25(32)12-9-21)31(39)35-17-15-23-18-26(33)13-10-24(23)19-35/h4-13,18,27,29H,2-3,14-17,19H2,1H3,(H,34,38)(H,36,37). The number of carboxylic acids is 1. The van der Waals surface area contributed by atoms with Crippen LogP contribution in [0.1, 0.15) is 70.6 Å². The Kier molecular flexibility index (Phi) is 9.65. The lowest BCUT2D eigenvalue weighted by molar-refractivity contribution is -0.137. The highest BCUT2D eigenvalue weighted by atomic mass is 35.5. The summed E-state index contributed by atoms with van der Waals surface area (Å²) in [5.74, 6) is -1.77. The molecule has 3 aromatic rings. The van der Waals surface area contributed by atoms with Gasteiger partial charge >= 0.3 is 5.97 Å². The third-order valence-corrected chi connectivity index (χ3v) is 7.70. The minimum Gasteiger partial charge on any atom is -0.481 e. The summed E-state index contributed by atoms with van der Waals surface area (Å²) in [6.07, 6.45) is 2.27. The summed E-state index contributed by atoms with van der Waals surface area (Å²) in [6, 6.07) is 20.6. The van der Waals surface area contributed by atoms with Gasteiger partial charge in [-0.1, -0.05) is 66.9 Å². The minimum absolute atomic E-state index is 0.0619. The number of carbonyl (C=O) groups is 3. The van der Waals surface area contributed by atoms with Crippen LogP contribution in [0.5, 0.6) is 0 Å². The second-order valence-electron chi connectivity index (χ2n) is 9.87. The molecule has 4 rings (SSSR count). The fraction of sp³-hybridized carbons (Fsp3) is 0.323. The van der Waals surface area contributed by atoms with Crippen molar-refractivity contribution in [1.82, 2.24) is 10.2 Å². The molecule has 8 heteroatoms. The van der Waals surface area contributed by atoms with Gasteiger partial charge in [0, 0.05) is 35.2 Å². The number of carbonyl (C=O) groups excluding carboxylic acids is 2. The Morgan fingerprint density at radius 2 is 1.59 bits per heavy atom. The lowest BCUT2D eigenvalue weighted by atomic mass is 9.77. The molecule has 2 amide bonds. The average Bonchev–Trinajstić information content (AvgIpc) is 2.93. The third-order valence-electron chi connectivity index (χ3n) is 7.21. The van der Waals surface area contributed by atoms with Crippen molar-refractivity contribution < 1.29 is 19.5 Å². The fourth-order valence-electron chi connectivity index (χ4n) is 5.23. The van der Waals surface area contributed by atoms with E-state index in [9.17, 15) is 14.4 Å². The Hall–Kier alpha value is -3.35. The van der Waals surface area contributed by atoms with Crippen LogP contribution in [0.25, 0.3) is 0 Å². The van der Waals surface area contributed by atoms with E-state index in [1.54, 1.807) is 12.1 Å². The maximum atomic E-state index is 14.3. The van der Waals surface area contributed by atoms with Gasteiger partial charge < -0.3 is 15.3 Å². The predicted molar refractivity (Wildman–Crippen MR) is 153 cm³/mol. The topological polar surface area (TPSA) is 86.7 Å². The van der Waals surface area contributed by atoms with Crippen LogP contribution in [-0.2, 0) is 22.6 Å². The van der Waals surface area contributed by atoms with Crippen molar-refractivity contribution in [2.24, 2.45) is 0 Å². The molecule has 0 radical (unpaired) electrons. The zero-order chi connectivity index (χ0) is 27.9. The molecule has 2 atom stereocenters. The molecule has 204 valence electrons. The third kappa shape index (κ3) is 7.20. The van der Waals surface area contributed by atoms with Gasteiger partial charge in [0.05, 0.1) is 12.3 Å². The van der Waals surface area contributed by atoms with Crippen molar-refractivity contribution in [2.45, 2.75) is 51.0 Å². The van der Waals surface area contributed by atoms with Gasteiger partial charge in [-0.3, -0.25) is 14.4 Å². The van der Waals surface area contributed by atoms with Crippen molar-refractivity contribution in [3.8, 4) is 0 Å². The van der Waals surface area contributed by atoms with Gasteiger partial charge in [-0.05, 0) is 77.4 Å². The second kappa shape index (κ2) is 13.1. The molecule has 0 aliphatic carbocycles. The molecule has 2 unspecified atom stereocenters. The summed E-state index contributed by atoms with van der Waals surface area (Å²) >= 11 is 12.4. The number of aliphatic carboxylic acids is 1. The van der Waals surface area contributed by atoms with E-state index in [0.717, 1.165) is 36.0 Å². The van der Waals surface area contributed by atoms with Gasteiger partial charge in [0.1, 0.15) is 0 Å². The molecule has 1 heterocycles. The molecule has 0 bridgehead atoms. The average molecular weight is 568 g/mol. The molecule has 0 saturated heterocycles. The first-order valence-electron chi connectivity index (χ1n) is 13.2. The number of benzene rings is 3. The first kappa shape index (κ1) is 28.7. The fourth-order valence-corrected chi connectivity index (χ4v) is 5.55. The normalized spacial score (nSPS) is 14.3. The summed E-state index contributed by atoms with van der Waals surface area (Å²) in [4.78, 5) is 39.4. The molecular formula is C31H32Cl2N2O4. The van der Waals surface area contributed by atoms with Crippen molar-refractivity contribution in [1.29, 1.82) is 0 Å². The van der Waals surface area contributed by atoms with Crippen LogP contribution >= 0.6 is 23.2 Å². The number of halogens is 2. The number of fused-ring (bicyclic) bond motifs is 1. The first-order chi connectivity index (χ1) is 18.8. The maximum absolute atomic E-state index is 14.3. The van der Waals surface area contributed by atoms with Gasteiger partial charge in [0.2, 0.25) is 5.91 Å². The zero-order valence-electron chi connectivity index (χ0n) is 21.8. The number of hydrogen-bond acceptors (Lipinski definition) is 3. The van der Waals surface area contributed by atoms with Crippen molar-refractivity contribution in [3.05, 3.63) is 105 Å². The Morgan fingerprint density at radius 3 is 2.26 bits per heavy atom. The highest BCUT2D eigenvalue weighted by Crippen LogP contribution is 2.39. The summed E-state index contributed by atoms with van der Waals surface area (Å²) < 4.78 is 0. The molecule has 2 N–H and O–H groups in total. The van der Waals surface area contributed by atoms with E-state index in [-0.39, 0.29) is 30.7 Å². The molecule has 39 heavy (non-hydrogen) atoms. The van der Waals surface area contributed by atoms with E-state index >= 15 is 0 Å². The molecule has 3 aromatic carbocycles. The number of amides is 2. The molecule has 1 aliphatic heterocycles. The minimum atomic E-state index is -0.966. The Labute approximate surface area is 238 Å². The number of hydrogen-bond donors (Lipinski definition) is 2. The van der Waals surface area contributed by atoms with Gasteiger partial charge in [-0.15, -0.1) is 0 Å². The van der Waals surface area contributed by atoms with Crippen LogP contribution < -0.4 is 5.32 Å². The smallest absolute Gasteiger partial charge is 0.305 e. The van der Waals surface area contributed by atoms with Gasteiger partial charge in [-0.25, -0.2) is 0 Å². The molecule has 0 aromatic heterocycles. The van der Waals surface area contributed by atoms with E-state index in [1.165, 1.54) is 5.56 Å². The van der Waals surface area contributed by atoms with E-state index in [0.29, 0.717) is 28.7 Å². The van der Waals surface area contributed by atoms with Gasteiger partial charge in [-0.2, -0.15) is 0 Å². The number of rotatable bonds is 10. The maximum Gasteiger partial charge on any atom is 0.305 e. The second-order valence-corrected chi connectivity index (χ2v) is 10.7. The van der Waals surface area contributed by atoms with Crippen LogP contribution in [-0.4, -0.2) is 40.9 Å². The van der Waals surface area contributed by atoms with E-state index in [2.05, 4.69) is 12.2 Å². The van der Waals surface area contributed by atoms with Crippen LogP contribution in [0.4, 0.5) is 0 Å². The molecule has 1 aliphatic rings. The summed E-state index contributed by atoms with van der Waals surface area (Å²) in [5, 5.41) is 12.8. The Bertz CT molecular complexity index is 1330. The van der Waals surface area contributed by atoms with Crippen LogP contribution in [0.3, 0.4) is 0 Å². The largest absolute Gasteiger partial charge is 0.481 e. The molecule has 0 saturated carbocycles. The van der Waals surface area contributed by atoms with Crippen molar-refractivity contribution >= 4 is 41.0 Å². The summed E-state index contributed by atoms with van der Waals surface area (Å²) in [5.41, 5.74) is 4.60. The van der Waals surface area contributed by atoms with E-state index in [4.69, 9.17) is 28.3 Å². The molecular weight excluding hydrogens is 535 g/mol. The highest BCUT2D eigenvalue weighted by molar-refractivity contribution is 6.30. The van der Waals surface area contributed by atoms with E-state index in [1.807, 2.05) is 59.5 Å². The highest BCUT2D eigenvalue weighted by Gasteiger charge is 2.35. The predicted octanol–water partition coefficient (Wildman–Crippen LogP) is 6.45.